The summed E-state index contributed by atoms with van der Waals surface area (Å²) < 4.78 is 18.8. The molecule has 1 N–H and O–H groups in total. The lowest BCUT2D eigenvalue weighted by Gasteiger charge is -2.34. The molecule has 2 aliphatic heterocycles. The Morgan fingerprint density at radius 2 is 2.00 bits per heavy atom. The molecular formula is C26H23ClN6O4. The van der Waals surface area contributed by atoms with Gasteiger partial charge in [0.1, 0.15) is 6.04 Å². The highest BCUT2D eigenvalue weighted by Crippen LogP contribution is 2.50. The first kappa shape index (κ1) is 23.3. The molecule has 0 bridgehead atoms. The van der Waals surface area contributed by atoms with Crippen LogP contribution in [-0.4, -0.2) is 58.5 Å². The zero-order chi connectivity index (χ0) is 25.5. The number of hydrogen-bond donors (Lipinski definition) is 1. The number of nitrogens with zero attached hydrogens (tertiary/aromatic N) is 5. The van der Waals surface area contributed by atoms with Gasteiger partial charge >= 0.3 is 0 Å². The standard InChI is InChI=1S/C26H23ClN6O4/c1-32-11-10-15-13-20-23(37-14-36-20)24(35-2)21(15)22(32)25-29-30-31-33(25)19-5-3-4-16(12-19)26(34)28-18-8-6-17(27)7-9-18/h3-9,12-13,22H,10-11,14H2,1-2H3,(H,28,34)/t22-/m0/s1. The molecule has 4 aromatic rings. The van der Waals surface area contributed by atoms with Crippen molar-refractivity contribution >= 4 is 23.2 Å². The molecular weight excluding hydrogens is 496 g/mol. The third kappa shape index (κ3) is 4.13. The highest BCUT2D eigenvalue weighted by atomic mass is 35.5. The predicted molar refractivity (Wildman–Crippen MR) is 136 cm³/mol. The van der Waals surface area contributed by atoms with Gasteiger partial charge in [-0.05, 0) is 78.0 Å². The fraction of sp³-hybridized carbons (Fsp3) is 0.231. The second kappa shape index (κ2) is 9.38. The maximum absolute atomic E-state index is 13.0. The number of methoxy groups -OCH3 is 1. The van der Waals surface area contributed by atoms with Gasteiger partial charge in [-0.25, -0.2) is 0 Å². The van der Waals surface area contributed by atoms with Crippen LogP contribution in [0.25, 0.3) is 5.69 Å². The number of nitrogens with one attached hydrogen (secondary N) is 1. The van der Waals surface area contributed by atoms with Crippen molar-refractivity contribution in [2.75, 3.05) is 32.8 Å². The van der Waals surface area contributed by atoms with Gasteiger partial charge in [0.25, 0.3) is 5.91 Å². The first-order valence-corrected chi connectivity index (χ1v) is 12.1. The highest BCUT2D eigenvalue weighted by molar-refractivity contribution is 6.30. The fourth-order valence-electron chi connectivity index (χ4n) is 4.82. The zero-order valence-corrected chi connectivity index (χ0v) is 20.9. The molecule has 1 amide bonds. The Labute approximate surface area is 217 Å². The molecule has 2 aliphatic rings. The van der Waals surface area contributed by atoms with E-state index in [1.54, 1.807) is 54.3 Å². The number of ether oxygens (including phenoxy) is 3. The van der Waals surface area contributed by atoms with E-state index < -0.39 is 0 Å². The maximum atomic E-state index is 13.0. The lowest BCUT2D eigenvalue weighted by atomic mass is 9.90. The molecule has 3 heterocycles. The van der Waals surface area contributed by atoms with Gasteiger partial charge in [0.15, 0.2) is 17.3 Å². The third-order valence-corrected chi connectivity index (χ3v) is 6.84. The van der Waals surface area contributed by atoms with Crippen molar-refractivity contribution in [3.05, 3.63) is 82.1 Å². The van der Waals surface area contributed by atoms with Crippen LogP contribution in [0, 0.1) is 0 Å². The molecule has 0 spiro atoms. The number of amides is 1. The van der Waals surface area contributed by atoms with Crippen LogP contribution in [-0.2, 0) is 6.42 Å². The quantitative estimate of drug-likeness (QED) is 0.424. The van der Waals surface area contributed by atoms with Gasteiger partial charge in [-0.15, -0.1) is 5.10 Å². The van der Waals surface area contributed by atoms with Crippen molar-refractivity contribution in [1.82, 2.24) is 25.1 Å². The number of hydrogen-bond acceptors (Lipinski definition) is 8. The minimum Gasteiger partial charge on any atom is -0.492 e. The van der Waals surface area contributed by atoms with E-state index in [-0.39, 0.29) is 18.7 Å². The van der Waals surface area contributed by atoms with Gasteiger partial charge < -0.3 is 19.5 Å². The summed E-state index contributed by atoms with van der Waals surface area (Å²) in [5.74, 6) is 2.22. The van der Waals surface area contributed by atoms with Crippen molar-refractivity contribution in [3.63, 3.8) is 0 Å². The van der Waals surface area contributed by atoms with Crippen LogP contribution in [0.4, 0.5) is 5.69 Å². The van der Waals surface area contributed by atoms with E-state index in [4.69, 9.17) is 25.8 Å². The summed E-state index contributed by atoms with van der Waals surface area (Å²) in [5, 5.41) is 16.2. The Hall–Kier alpha value is -4.15. The zero-order valence-electron chi connectivity index (χ0n) is 20.1. The number of aromatic nitrogens is 4. The number of likely N-dealkylation sites (N-methyl/N-ethyl adjacent to an activating group) is 1. The van der Waals surface area contributed by atoms with Gasteiger partial charge in [-0.3, -0.25) is 9.69 Å². The molecule has 0 aliphatic carbocycles. The molecule has 188 valence electrons. The SMILES string of the molecule is COc1c2c(cc3c1[C@@H](c1nnnn1-c1cccc(C(=O)Nc4ccc(Cl)cc4)c1)N(C)CC3)OCO2. The van der Waals surface area contributed by atoms with Crippen molar-refractivity contribution in [1.29, 1.82) is 0 Å². The smallest absolute Gasteiger partial charge is 0.255 e. The molecule has 1 atom stereocenters. The molecule has 37 heavy (non-hydrogen) atoms. The maximum Gasteiger partial charge on any atom is 0.255 e. The number of fused-ring (bicyclic) bond motifs is 2. The number of anilines is 1. The van der Waals surface area contributed by atoms with Crippen LogP contribution in [0.1, 0.15) is 33.4 Å². The second-order valence-corrected chi connectivity index (χ2v) is 9.25. The number of rotatable bonds is 5. The molecule has 0 radical (unpaired) electrons. The van der Waals surface area contributed by atoms with E-state index in [1.807, 2.05) is 19.2 Å². The number of benzene rings is 3. The summed E-state index contributed by atoms with van der Waals surface area (Å²) in [4.78, 5) is 15.1. The summed E-state index contributed by atoms with van der Waals surface area (Å²) in [5.41, 5.74) is 3.80. The van der Waals surface area contributed by atoms with Crippen molar-refractivity contribution < 1.29 is 19.0 Å². The fourth-order valence-corrected chi connectivity index (χ4v) is 4.95. The molecule has 6 rings (SSSR count). The van der Waals surface area contributed by atoms with Crippen LogP contribution in [0.5, 0.6) is 17.2 Å². The Morgan fingerprint density at radius 1 is 1.16 bits per heavy atom. The average molecular weight is 519 g/mol. The van der Waals surface area contributed by atoms with Gasteiger partial charge in [-0.1, -0.05) is 17.7 Å². The minimum absolute atomic E-state index is 0.151. The second-order valence-electron chi connectivity index (χ2n) is 8.81. The normalized spacial score (nSPS) is 16.4. The topological polar surface area (TPSA) is 104 Å². The Bertz CT molecular complexity index is 1490. The van der Waals surface area contributed by atoms with Crippen molar-refractivity contribution in [3.8, 4) is 22.9 Å². The van der Waals surface area contributed by atoms with Crippen molar-refractivity contribution in [2.24, 2.45) is 0 Å². The lowest BCUT2D eigenvalue weighted by molar-refractivity contribution is 0.102. The molecule has 0 fully saturated rings. The summed E-state index contributed by atoms with van der Waals surface area (Å²) in [6.45, 7) is 0.939. The van der Waals surface area contributed by atoms with E-state index in [1.165, 1.54) is 0 Å². The van der Waals surface area contributed by atoms with E-state index in [0.29, 0.717) is 45.0 Å². The molecule has 0 saturated heterocycles. The van der Waals surface area contributed by atoms with Crippen LogP contribution >= 0.6 is 11.6 Å². The summed E-state index contributed by atoms with van der Waals surface area (Å²) >= 11 is 5.95. The van der Waals surface area contributed by atoms with Gasteiger partial charge in [0.2, 0.25) is 12.5 Å². The number of carbonyl (C=O) groups is 1. The van der Waals surface area contributed by atoms with E-state index in [2.05, 4.69) is 25.7 Å². The molecule has 10 nitrogen and oxygen atoms in total. The summed E-state index contributed by atoms with van der Waals surface area (Å²) in [6.07, 6.45) is 0.817. The van der Waals surface area contributed by atoms with Crippen LogP contribution < -0.4 is 19.5 Å². The number of halogens is 1. The summed E-state index contributed by atoms with van der Waals surface area (Å²) in [7, 11) is 3.64. The lowest BCUT2D eigenvalue weighted by Crippen LogP contribution is -2.35. The van der Waals surface area contributed by atoms with Crippen LogP contribution in [0.3, 0.4) is 0 Å². The average Bonchev–Trinajstić information content (AvgIpc) is 3.59. The molecule has 0 unspecified atom stereocenters. The van der Waals surface area contributed by atoms with Gasteiger partial charge in [-0.2, -0.15) is 4.68 Å². The number of tetrazole rings is 1. The summed E-state index contributed by atoms with van der Waals surface area (Å²) in [6, 6.07) is 15.8. The largest absolute Gasteiger partial charge is 0.492 e. The van der Waals surface area contributed by atoms with Gasteiger partial charge in [0, 0.05) is 28.4 Å². The monoisotopic (exact) mass is 518 g/mol. The third-order valence-electron chi connectivity index (χ3n) is 6.59. The highest BCUT2D eigenvalue weighted by Gasteiger charge is 2.37. The Morgan fingerprint density at radius 3 is 2.81 bits per heavy atom. The number of carbonyl (C=O) groups excluding carboxylic acids is 1. The van der Waals surface area contributed by atoms with E-state index >= 15 is 0 Å². The van der Waals surface area contributed by atoms with Crippen LogP contribution in [0.15, 0.2) is 54.6 Å². The predicted octanol–water partition coefficient (Wildman–Crippen LogP) is 3.88. The molecule has 11 heteroatoms. The first-order valence-electron chi connectivity index (χ1n) is 11.7. The molecule has 0 saturated carbocycles. The van der Waals surface area contributed by atoms with Gasteiger partial charge in [0.05, 0.1) is 12.8 Å². The minimum atomic E-state index is -0.310. The first-order chi connectivity index (χ1) is 18.0. The van der Waals surface area contributed by atoms with Crippen molar-refractivity contribution in [2.45, 2.75) is 12.5 Å². The van der Waals surface area contributed by atoms with Crippen LogP contribution in [0.2, 0.25) is 5.02 Å². The Kier molecular flexibility index (Phi) is 5.90. The van der Waals surface area contributed by atoms with E-state index in [0.717, 1.165) is 24.1 Å². The Balaban J connectivity index is 1.38. The molecule has 3 aromatic carbocycles. The van der Waals surface area contributed by atoms with E-state index in [9.17, 15) is 4.79 Å². The molecule has 1 aromatic heterocycles.